The molecule has 0 bridgehead atoms. The van der Waals surface area contributed by atoms with Crippen molar-refractivity contribution in [1.29, 1.82) is 0 Å². The number of H-pyrrole nitrogens is 1. The van der Waals surface area contributed by atoms with E-state index >= 15 is 0 Å². The van der Waals surface area contributed by atoms with Crippen LogP contribution in [0, 0.1) is 5.82 Å². The van der Waals surface area contributed by atoms with Crippen molar-refractivity contribution in [1.82, 2.24) is 15.3 Å². The minimum Gasteiger partial charge on any atom is -0.490 e. The van der Waals surface area contributed by atoms with Gasteiger partial charge in [-0.1, -0.05) is 42.5 Å². The zero-order chi connectivity index (χ0) is 21.5. The van der Waals surface area contributed by atoms with Crippen molar-refractivity contribution in [3.8, 4) is 11.5 Å². The fourth-order valence-electron chi connectivity index (χ4n) is 3.45. The van der Waals surface area contributed by atoms with Crippen LogP contribution in [0.5, 0.6) is 11.5 Å². The van der Waals surface area contributed by atoms with Crippen LogP contribution in [0.2, 0.25) is 0 Å². The largest absolute Gasteiger partial charge is 0.490 e. The fraction of sp³-hybridized carbons (Fsp3) is 0.240. The van der Waals surface area contributed by atoms with Gasteiger partial charge in [-0.3, -0.25) is 0 Å². The molecule has 4 aromatic rings. The van der Waals surface area contributed by atoms with Gasteiger partial charge in [-0.25, -0.2) is 9.37 Å². The lowest BCUT2D eigenvalue weighted by Gasteiger charge is -2.16. The van der Waals surface area contributed by atoms with Gasteiger partial charge in [-0.2, -0.15) is 0 Å². The van der Waals surface area contributed by atoms with E-state index in [-0.39, 0.29) is 12.4 Å². The highest BCUT2D eigenvalue weighted by Gasteiger charge is 2.13. The van der Waals surface area contributed by atoms with Gasteiger partial charge in [0.15, 0.2) is 11.5 Å². The number of hydrogen-bond acceptors (Lipinski definition) is 4. The van der Waals surface area contributed by atoms with E-state index in [0.29, 0.717) is 30.2 Å². The van der Waals surface area contributed by atoms with E-state index in [1.807, 2.05) is 49.4 Å². The number of para-hydroxylation sites is 3. The smallest absolute Gasteiger partial charge is 0.166 e. The molecule has 0 radical (unpaired) electrons. The number of rotatable bonds is 10. The number of nitrogens with zero attached hydrogens (tertiary/aromatic N) is 1. The number of hydrogen-bond donors (Lipinski definition) is 2. The molecule has 4 rings (SSSR count). The average Bonchev–Trinajstić information content (AvgIpc) is 3.20. The van der Waals surface area contributed by atoms with Crippen LogP contribution in [-0.2, 0) is 19.6 Å². The molecule has 0 fully saturated rings. The Hall–Kier alpha value is -3.38. The van der Waals surface area contributed by atoms with E-state index < -0.39 is 0 Å². The molecule has 160 valence electrons. The summed E-state index contributed by atoms with van der Waals surface area (Å²) in [6.45, 7) is 3.96. The first-order chi connectivity index (χ1) is 15.2. The summed E-state index contributed by atoms with van der Waals surface area (Å²) in [5.74, 6) is 1.98. The number of nitrogens with one attached hydrogen (secondary N) is 2. The Morgan fingerprint density at radius 3 is 2.58 bits per heavy atom. The van der Waals surface area contributed by atoms with Gasteiger partial charge in [0, 0.05) is 30.6 Å². The third-order valence-corrected chi connectivity index (χ3v) is 4.98. The molecule has 3 aromatic carbocycles. The highest BCUT2D eigenvalue weighted by Crippen LogP contribution is 2.32. The molecule has 1 heterocycles. The predicted octanol–water partition coefficient (Wildman–Crippen LogP) is 5.01. The zero-order valence-electron chi connectivity index (χ0n) is 17.5. The second-order valence-electron chi connectivity index (χ2n) is 7.18. The van der Waals surface area contributed by atoms with Crippen LogP contribution in [0.25, 0.3) is 11.0 Å². The van der Waals surface area contributed by atoms with Gasteiger partial charge >= 0.3 is 0 Å². The number of imidazole rings is 1. The molecule has 0 aliphatic rings. The number of benzene rings is 3. The highest BCUT2D eigenvalue weighted by molar-refractivity contribution is 5.74. The molecule has 0 aliphatic heterocycles. The summed E-state index contributed by atoms with van der Waals surface area (Å²) in [4.78, 5) is 7.95. The molecule has 6 heteroatoms. The van der Waals surface area contributed by atoms with Crippen LogP contribution >= 0.6 is 0 Å². The summed E-state index contributed by atoms with van der Waals surface area (Å²) in [7, 11) is 0. The van der Waals surface area contributed by atoms with Crippen molar-refractivity contribution in [3.05, 3.63) is 89.5 Å². The topological polar surface area (TPSA) is 59.2 Å². The molecular weight excluding hydrogens is 393 g/mol. The first kappa shape index (κ1) is 20.9. The van der Waals surface area contributed by atoms with Crippen LogP contribution in [0.3, 0.4) is 0 Å². The molecule has 0 atom stereocenters. The van der Waals surface area contributed by atoms with Gasteiger partial charge in [-0.05, 0) is 31.2 Å². The Morgan fingerprint density at radius 2 is 1.74 bits per heavy atom. The summed E-state index contributed by atoms with van der Waals surface area (Å²) in [5, 5.41) is 3.44. The van der Waals surface area contributed by atoms with Crippen LogP contribution in [0.1, 0.15) is 23.9 Å². The summed E-state index contributed by atoms with van der Waals surface area (Å²) in [6.07, 6.45) is 0.783. The molecule has 0 amide bonds. The van der Waals surface area contributed by atoms with E-state index in [1.165, 1.54) is 6.07 Å². The van der Waals surface area contributed by atoms with Gasteiger partial charge in [0.25, 0.3) is 0 Å². The second-order valence-corrected chi connectivity index (χ2v) is 7.18. The van der Waals surface area contributed by atoms with E-state index in [9.17, 15) is 4.39 Å². The number of halogens is 1. The second kappa shape index (κ2) is 10.1. The Labute approximate surface area is 181 Å². The molecule has 1 aromatic heterocycles. The van der Waals surface area contributed by atoms with Crippen molar-refractivity contribution >= 4 is 11.0 Å². The Kier molecular flexibility index (Phi) is 6.79. The third kappa shape index (κ3) is 5.22. The van der Waals surface area contributed by atoms with Gasteiger partial charge < -0.3 is 19.8 Å². The normalized spacial score (nSPS) is 11.0. The summed E-state index contributed by atoms with van der Waals surface area (Å²) in [6, 6.07) is 20.5. The zero-order valence-corrected chi connectivity index (χ0v) is 17.5. The molecule has 0 aliphatic carbocycles. The number of aromatic amines is 1. The molecule has 0 unspecified atom stereocenters. The minimum atomic E-state index is -0.276. The maximum atomic E-state index is 14.0. The summed E-state index contributed by atoms with van der Waals surface area (Å²) < 4.78 is 25.8. The molecule has 5 nitrogen and oxygen atoms in total. The Morgan fingerprint density at radius 1 is 0.935 bits per heavy atom. The molecular formula is C25H26FN3O2. The lowest BCUT2D eigenvalue weighted by atomic mass is 10.1. The van der Waals surface area contributed by atoms with E-state index in [0.717, 1.165) is 35.4 Å². The first-order valence-electron chi connectivity index (χ1n) is 10.5. The maximum absolute atomic E-state index is 14.0. The van der Waals surface area contributed by atoms with Crippen molar-refractivity contribution in [2.45, 2.75) is 26.5 Å². The minimum absolute atomic E-state index is 0.142. The average molecular weight is 420 g/mol. The van der Waals surface area contributed by atoms with Gasteiger partial charge in [0.05, 0.1) is 17.6 Å². The SMILES string of the molecule is CCOc1cccc(CNCCc2nc3ccccc3[nH]2)c1OCc1ccccc1F. The lowest BCUT2D eigenvalue weighted by Crippen LogP contribution is -2.18. The number of fused-ring (bicyclic) bond motifs is 1. The maximum Gasteiger partial charge on any atom is 0.166 e. The predicted molar refractivity (Wildman–Crippen MR) is 120 cm³/mol. The molecule has 0 saturated carbocycles. The number of aromatic nitrogens is 2. The van der Waals surface area contributed by atoms with Crippen molar-refractivity contribution in [2.75, 3.05) is 13.2 Å². The van der Waals surface area contributed by atoms with Gasteiger partial charge in [-0.15, -0.1) is 0 Å². The molecule has 0 saturated heterocycles. The molecule has 2 N–H and O–H groups in total. The lowest BCUT2D eigenvalue weighted by molar-refractivity contribution is 0.262. The van der Waals surface area contributed by atoms with Gasteiger partial charge in [0.1, 0.15) is 18.2 Å². The van der Waals surface area contributed by atoms with E-state index in [2.05, 4.69) is 15.3 Å². The summed E-state index contributed by atoms with van der Waals surface area (Å²) >= 11 is 0. The molecule has 0 spiro atoms. The summed E-state index contributed by atoms with van der Waals surface area (Å²) in [5.41, 5.74) is 3.50. The third-order valence-electron chi connectivity index (χ3n) is 4.98. The first-order valence-corrected chi connectivity index (χ1v) is 10.5. The van der Waals surface area contributed by atoms with Crippen LogP contribution in [-0.4, -0.2) is 23.1 Å². The van der Waals surface area contributed by atoms with Crippen LogP contribution in [0.4, 0.5) is 4.39 Å². The van der Waals surface area contributed by atoms with Crippen molar-refractivity contribution < 1.29 is 13.9 Å². The fourth-order valence-corrected chi connectivity index (χ4v) is 3.45. The van der Waals surface area contributed by atoms with Crippen LogP contribution < -0.4 is 14.8 Å². The monoisotopic (exact) mass is 419 g/mol. The van der Waals surface area contributed by atoms with E-state index in [4.69, 9.17) is 9.47 Å². The van der Waals surface area contributed by atoms with E-state index in [1.54, 1.807) is 18.2 Å². The molecule has 31 heavy (non-hydrogen) atoms. The Balaban J connectivity index is 1.40. The van der Waals surface area contributed by atoms with Crippen LogP contribution in [0.15, 0.2) is 66.7 Å². The number of ether oxygens (including phenoxy) is 2. The van der Waals surface area contributed by atoms with Gasteiger partial charge in [0.2, 0.25) is 0 Å². The van der Waals surface area contributed by atoms with Crippen molar-refractivity contribution in [2.24, 2.45) is 0 Å². The standard InChI is InChI=1S/C25H26FN3O2/c1-2-30-23-13-7-9-18(25(23)31-17-19-8-3-4-10-20(19)26)16-27-15-14-24-28-21-11-5-6-12-22(21)29-24/h3-13,27H,2,14-17H2,1H3,(H,28,29). The quantitative estimate of drug-likeness (QED) is 0.355. The Bertz CT molecular complexity index is 1110. The highest BCUT2D eigenvalue weighted by atomic mass is 19.1. The van der Waals surface area contributed by atoms with Crippen molar-refractivity contribution in [3.63, 3.8) is 0 Å².